The van der Waals surface area contributed by atoms with Crippen molar-refractivity contribution in [2.45, 2.75) is 31.5 Å². The number of carbonyl (C=O) groups is 2. The van der Waals surface area contributed by atoms with Crippen LogP contribution in [-0.2, 0) is 10.3 Å². The van der Waals surface area contributed by atoms with E-state index in [1.54, 1.807) is 26.1 Å². The molecule has 2 aliphatic rings. The van der Waals surface area contributed by atoms with Gasteiger partial charge in [0.05, 0.1) is 11.3 Å². The van der Waals surface area contributed by atoms with Gasteiger partial charge in [-0.25, -0.2) is 4.79 Å². The molecule has 1 atom stereocenters. The summed E-state index contributed by atoms with van der Waals surface area (Å²) < 4.78 is 11.8. The van der Waals surface area contributed by atoms with E-state index in [0.717, 1.165) is 23.4 Å². The zero-order valence-electron chi connectivity index (χ0n) is 18.1. The molecule has 1 fully saturated rings. The Balaban J connectivity index is 1.41. The van der Waals surface area contributed by atoms with E-state index in [-0.39, 0.29) is 5.78 Å². The van der Waals surface area contributed by atoms with Crippen LogP contribution in [0.4, 0.5) is 0 Å². The minimum absolute atomic E-state index is 0.261. The number of hydrogen-bond donors (Lipinski definition) is 1. The number of aromatic nitrogens is 1. The molecule has 162 valence electrons. The molecule has 32 heavy (non-hydrogen) atoms. The van der Waals surface area contributed by atoms with E-state index in [1.165, 1.54) is 0 Å². The van der Waals surface area contributed by atoms with Crippen LogP contribution >= 0.6 is 0 Å². The highest BCUT2D eigenvalue weighted by Gasteiger charge is 2.49. The van der Waals surface area contributed by atoms with Crippen molar-refractivity contribution in [2.75, 3.05) is 13.1 Å². The van der Waals surface area contributed by atoms with E-state index >= 15 is 0 Å². The van der Waals surface area contributed by atoms with Gasteiger partial charge in [-0.1, -0.05) is 24.3 Å². The molecule has 1 spiro atoms. The van der Waals surface area contributed by atoms with Crippen molar-refractivity contribution in [2.24, 2.45) is 0 Å². The second-order valence-electron chi connectivity index (χ2n) is 8.72. The van der Waals surface area contributed by atoms with Gasteiger partial charge >= 0.3 is 5.97 Å². The van der Waals surface area contributed by atoms with Gasteiger partial charge in [-0.2, -0.15) is 0 Å². The number of carbonyl (C=O) groups excluding carboxylic acids is 2. The van der Waals surface area contributed by atoms with Gasteiger partial charge in [-0.15, -0.1) is 0 Å². The molecule has 3 heterocycles. The van der Waals surface area contributed by atoms with Crippen LogP contribution in [0.5, 0.6) is 5.75 Å². The van der Waals surface area contributed by atoms with Crippen LogP contribution in [0, 0.1) is 0 Å². The maximum absolute atomic E-state index is 13.5. The van der Waals surface area contributed by atoms with Gasteiger partial charge in [0.15, 0.2) is 11.2 Å². The van der Waals surface area contributed by atoms with Crippen molar-refractivity contribution in [1.82, 2.24) is 10.3 Å². The minimum Gasteiger partial charge on any atom is -0.480 e. The van der Waals surface area contributed by atoms with Gasteiger partial charge < -0.3 is 14.8 Å². The first kappa shape index (κ1) is 20.4. The highest BCUT2D eigenvalue weighted by molar-refractivity contribution is 6.11. The molecule has 2 aromatic carbocycles. The highest BCUT2D eigenvalue weighted by atomic mass is 16.6. The number of nitrogens with zero attached hydrogens (tertiary/aromatic N) is 1. The zero-order valence-corrected chi connectivity index (χ0v) is 18.1. The summed E-state index contributed by atoms with van der Waals surface area (Å²) in [7, 11) is 0. The Morgan fingerprint density at radius 1 is 1.09 bits per heavy atom. The third-order valence-corrected chi connectivity index (χ3v) is 6.14. The van der Waals surface area contributed by atoms with Gasteiger partial charge in [0.1, 0.15) is 5.75 Å². The van der Waals surface area contributed by atoms with E-state index in [2.05, 4.69) is 10.3 Å². The molecule has 2 aliphatic heterocycles. The van der Waals surface area contributed by atoms with Gasteiger partial charge in [-0.05, 0) is 56.8 Å². The summed E-state index contributed by atoms with van der Waals surface area (Å²) in [6.45, 7) is 4.77. The molecular formula is C26H24N2O4. The Morgan fingerprint density at radius 2 is 1.91 bits per heavy atom. The zero-order chi connectivity index (χ0) is 22.3. The van der Waals surface area contributed by atoms with Crippen molar-refractivity contribution < 1.29 is 19.1 Å². The molecular weight excluding hydrogens is 404 g/mol. The van der Waals surface area contributed by atoms with Gasteiger partial charge in [0.25, 0.3) is 0 Å². The number of ether oxygens (including phenoxy) is 2. The maximum Gasteiger partial charge on any atom is 0.340 e. The summed E-state index contributed by atoms with van der Waals surface area (Å²) in [6.07, 6.45) is 2.45. The van der Waals surface area contributed by atoms with Crippen molar-refractivity contribution >= 4 is 11.8 Å². The molecule has 6 heteroatoms. The monoisotopic (exact) mass is 428 g/mol. The van der Waals surface area contributed by atoms with Crippen molar-refractivity contribution in [1.29, 1.82) is 0 Å². The predicted molar refractivity (Wildman–Crippen MR) is 120 cm³/mol. The highest BCUT2D eigenvalue weighted by Crippen LogP contribution is 2.42. The molecule has 6 nitrogen and oxygen atoms in total. The van der Waals surface area contributed by atoms with Crippen LogP contribution in [0.15, 0.2) is 66.9 Å². The Bertz CT molecular complexity index is 1180. The fourth-order valence-corrected chi connectivity index (χ4v) is 4.50. The molecule has 0 radical (unpaired) electrons. The van der Waals surface area contributed by atoms with Gasteiger partial charge in [0.2, 0.25) is 5.78 Å². The summed E-state index contributed by atoms with van der Waals surface area (Å²) in [6, 6.07) is 18.6. The fourth-order valence-electron chi connectivity index (χ4n) is 4.50. The molecule has 1 aromatic heterocycles. The molecule has 5 rings (SSSR count). The molecule has 1 unspecified atom stereocenters. The quantitative estimate of drug-likeness (QED) is 0.486. The first-order valence-corrected chi connectivity index (χ1v) is 10.7. The standard InChI is InChI=1S/C26H24N2O4/c1-25(2,31-18-11-9-17(10-12-18)21-8-3-4-14-28-21)23(29)19-6-5-7-20-22(19)24(30)32-26(20)13-15-27-16-26/h3-12,14,27H,13,15-16H2,1-2H3. The van der Waals surface area contributed by atoms with E-state index in [1.807, 2.05) is 54.6 Å². The van der Waals surface area contributed by atoms with Gasteiger partial charge in [0, 0.05) is 35.9 Å². The second-order valence-corrected chi connectivity index (χ2v) is 8.72. The predicted octanol–water partition coefficient (Wildman–Crippen LogP) is 4.15. The lowest BCUT2D eigenvalue weighted by molar-refractivity contribution is 0.00156. The van der Waals surface area contributed by atoms with Crippen molar-refractivity contribution in [3.05, 3.63) is 83.6 Å². The summed E-state index contributed by atoms with van der Waals surface area (Å²) >= 11 is 0. The summed E-state index contributed by atoms with van der Waals surface area (Å²) in [5.41, 5.74) is 1.47. The van der Waals surface area contributed by atoms with E-state index in [0.29, 0.717) is 29.8 Å². The third-order valence-electron chi connectivity index (χ3n) is 6.14. The Hall–Kier alpha value is -3.51. The van der Waals surface area contributed by atoms with Gasteiger partial charge in [-0.3, -0.25) is 9.78 Å². The summed E-state index contributed by atoms with van der Waals surface area (Å²) in [4.78, 5) is 30.6. The Labute approximate surface area is 186 Å². The Morgan fingerprint density at radius 3 is 2.59 bits per heavy atom. The van der Waals surface area contributed by atoms with Crippen molar-refractivity contribution in [3.8, 4) is 17.0 Å². The molecule has 0 bridgehead atoms. The third kappa shape index (κ3) is 3.37. The van der Waals surface area contributed by atoms with E-state index in [9.17, 15) is 9.59 Å². The van der Waals surface area contributed by atoms with Crippen LogP contribution in [0.2, 0.25) is 0 Å². The lowest BCUT2D eigenvalue weighted by Crippen LogP contribution is -2.39. The lowest BCUT2D eigenvalue weighted by atomic mass is 9.85. The minimum atomic E-state index is -1.18. The average molecular weight is 428 g/mol. The molecule has 0 saturated carbocycles. The first-order valence-electron chi connectivity index (χ1n) is 10.7. The summed E-state index contributed by atoms with van der Waals surface area (Å²) in [5.74, 6) is -0.138. The molecule has 1 saturated heterocycles. The smallest absolute Gasteiger partial charge is 0.340 e. The first-order chi connectivity index (χ1) is 15.4. The number of pyridine rings is 1. The van der Waals surface area contributed by atoms with Crippen LogP contribution in [0.25, 0.3) is 11.3 Å². The number of Topliss-reactive ketones (excluding diaryl/α,β-unsaturated/α-hetero) is 1. The topological polar surface area (TPSA) is 77.5 Å². The molecule has 0 aliphatic carbocycles. The largest absolute Gasteiger partial charge is 0.480 e. The van der Waals surface area contributed by atoms with Crippen LogP contribution in [0.3, 0.4) is 0 Å². The number of benzene rings is 2. The van der Waals surface area contributed by atoms with Crippen LogP contribution < -0.4 is 10.1 Å². The normalized spacial score (nSPS) is 19.6. The molecule has 3 aromatic rings. The lowest BCUT2D eigenvalue weighted by Gasteiger charge is -2.26. The van der Waals surface area contributed by atoms with Crippen LogP contribution in [0.1, 0.15) is 46.5 Å². The van der Waals surface area contributed by atoms with E-state index in [4.69, 9.17) is 9.47 Å². The average Bonchev–Trinajstić information content (AvgIpc) is 3.39. The number of hydrogen-bond acceptors (Lipinski definition) is 6. The number of nitrogens with one attached hydrogen (secondary N) is 1. The fraction of sp³-hybridized carbons (Fsp3) is 0.269. The molecule has 0 amide bonds. The van der Waals surface area contributed by atoms with Crippen LogP contribution in [-0.4, -0.2) is 35.4 Å². The second kappa shape index (κ2) is 7.57. The SMILES string of the molecule is CC(C)(Oc1ccc(-c2ccccn2)cc1)C(=O)c1cccc2c1C(=O)OC21CCNC1. The number of rotatable bonds is 5. The van der Waals surface area contributed by atoms with E-state index < -0.39 is 17.2 Å². The maximum atomic E-state index is 13.5. The Kier molecular flexibility index (Phi) is 4.82. The number of esters is 1. The number of ketones is 1. The summed E-state index contributed by atoms with van der Waals surface area (Å²) in [5, 5.41) is 3.25. The molecule has 1 N–H and O–H groups in total. The number of fused-ring (bicyclic) bond motifs is 2. The van der Waals surface area contributed by atoms with Crippen molar-refractivity contribution in [3.63, 3.8) is 0 Å².